The fourth-order valence-electron chi connectivity index (χ4n) is 1.57. The number of carbonyl (C=O) groups excluding carboxylic acids is 1. The Morgan fingerprint density at radius 1 is 1.25 bits per heavy atom. The number of rotatable bonds is 2. The van der Waals surface area contributed by atoms with Crippen molar-refractivity contribution in [2.45, 2.75) is 6.92 Å². The zero-order valence-corrected chi connectivity index (χ0v) is 8.84. The van der Waals surface area contributed by atoms with E-state index in [0.29, 0.717) is 5.69 Å². The average molecular weight is 210 g/mol. The first-order chi connectivity index (χ1) is 7.81. The highest BCUT2D eigenvalue weighted by Crippen LogP contribution is 2.23. The minimum atomic E-state index is 0.534. The van der Waals surface area contributed by atoms with Crippen LogP contribution in [-0.2, 0) is 4.79 Å². The van der Waals surface area contributed by atoms with Crippen molar-refractivity contribution in [3.8, 4) is 11.3 Å². The predicted octanol–water partition coefficient (Wildman–Crippen LogP) is 3.02. The average Bonchev–Trinajstić information content (AvgIpc) is 2.31. The van der Waals surface area contributed by atoms with Crippen molar-refractivity contribution in [1.82, 2.24) is 4.98 Å². The molecule has 0 saturated heterocycles. The van der Waals surface area contributed by atoms with E-state index >= 15 is 0 Å². The molecule has 0 saturated carbocycles. The lowest BCUT2D eigenvalue weighted by Crippen LogP contribution is -1.87. The second-order valence-corrected chi connectivity index (χ2v) is 3.43. The van der Waals surface area contributed by atoms with Crippen LogP contribution in [0.3, 0.4) is 0 Å². The smallest absolute Gasteiger partial charge is 0.240 e. The summed E-state index contributed by atoms with van der Waals surface area (Å²) in [6.45, 7) is 1.94. The Morgan fingerprint density at radius 3 is 2.62 bits per heavy atom. The van der Waals surface area contributed by atoms with Gasteiger partial charge in [-0.25, -0.2) is 4.79 Å². The first-order valence-electron chi connectivity index (χ1n) is 4.91. The van der Waals surface area contributed by atoms with Crippen molar-refractivity contribution < 1.29 is 4.79 Å². The number of hydrogen-bond acceptors (Lipinski definition) is 3. The maximum atomic E-state index is 10.1. The van der Waals surface area contributed by atoms with Crippen LogP contribution in [0.25, 0.3) is 11.3 Å². The SMILES string of the molecule is Cc1cc(N=C=O)cnc1-c1ccccc1. The van der Waals surface area contributed by atoms with E-state index in [2.05, 4.69) is 9.98 Å². The molecule has 0 radical (unpaired) electrons. The van der Waals surface area contributed by atoms with Crippen molar-refractivity contribution >= 4 is 11.8 Å². The Hall–Kier alpha value is -2.25. The Bertz CT molecular complexity index is 543. The molecule has 1 aromatic carbocycles. The van der Waals surface area contributed by atoms with Gasteiger partial charge in [0.25, 0.3) is 0 Å². The first-order valence-corrected chi connectivity index (χ1v) is 4.91. The van der Waals surface area contributed by atoms with Crippen molar-refractivity contribution in [1.29, 1.82) is 0 Å². The number of isocyanates is 1. The Labute approximate surface area is 93.5 Å². The van der Waals surface area contributed by atoms with Crippen LogP contribution in [0.15, 0.2) is 47.6 Å². The van der Waals surface area contributed by atoms with Crippen molar-refractivity contribution in [2.75, 3.05) is 0 Å². The van der Waals surface area contributed by atoms with Gasteiger partial charge < -0.3 is 0 Å². The van der Waals surface area contributed by atoms with Gasteiger partial charge in [0.1, 0.15) is 0 Å². The van der Waals surface area contributed by atoms with Crippen molar-refractivity contribution in [3.63, 3.8) is 0 Å². The Morgan fingerprint density at radius 2 is 2.00 bits per heavy atom. The fraction of sp³-hybridized carbons (Fsp3) is 0.0769. The van der Waals surface area contributed by atoms with E-state index in [1.165, 1.54) is 6.08 Å². The van der Waals surface area contributed by atoms with E-state index in [1.807, 2.05) is 43.3 Å². The predicted molar refractivity (Wildman–Crippen MR) is 62.2 cm³/mol. The summed E-state index contributed by atoms with van der Waals surface area (Å²) in [5.74, 6) is 0. The molecule has 1 heterocycles. The number of aliphatic imine (C=N–C) groups is 1. The van der Waals surface area contributed by atoms with Gasteiger partial charge in [0.2, 0.25) is 6.08 Å². The van der Waals surface area contributed by atoms with E-state index in [-0.39, 0.29) is 0 Å². The third-order valence-electron chi connectivity index (χ3n) is 2.29. The molecule has 1 aromatic heterocycles. The molecule has 0 bridgehead atoms. The zero-order chi connectivity index (χ0) is 11.4. The summed E-state index contributed by atoms with van der Waals surface area (Å²) in [6.07, 6.45) is 3.08. The maximum Gasteiger partial charge on any atom is 0.240 e. The minimum Gasteiger partial charge on any atom is -0.254 e. The van der Waals surface area contributed by atoms with E-state index in [9.17, 15) is 4.79 Å². The van der Waals surface area contributed by atoms with Crippen LogP contribution in [0.5, 0.6) is 0 Å². The van der Waals surface area contributed by atoms with Crippen LogP contribution >= 0.6 is 0 Å². The summed E-state index contributed by atoms with van der Waals surface area (Å²) >= 11 is 0. The lowest BCUT2D eigenvalue weighted by molar-refractivity contribution is 0.565. The molecule has 0 fully saturated rings. The molecule has 0 aliphatic carbocycles. The largest absolute Gasteiger partial charge is 0.254 e. The number of nitrogens with zero attached hydrogens (tertiary/aromatic N) is 2. The van der Waals surface area contributed by atoms with Gasteiger partial charge in [-0.2, -0.15) is 4.99 Å². The van der Waals surface area contributed by atoms with Gasteiger partial charge in [0, 0.05) is 5.56 Å². The van der Waals surface area contributed by atoms with E-state index < -0.39 is 0 Å². The van der Waals surface area contributed by atoms with Gasteiger partial charge in [-0.1, -0.05) is 30.3 Å². The van der Waals surface area contributed by atoms with Crippen molar-refractivity contribution in [3.05, 3.63) is 48.2 Å². The summed E-state index contributed by atoms with van der Waals surface area (Å²) in [6, 6.07) is 11.7. The molecule has 0 aliphatic heterocycles. The molecule has 3 heteroatoms. The molecule has 0 amide bonds. The molecule has 2 rings (SSSR count). The number of aromatic nitrogens is 1. The third kappa shape index (κ3) is 2.05. The fourth-order valence-corrected chi connectivity index (χ4v) is 1.57. The minimum absolute atomic E-state index is 0.534. The highest BCUT2D eigenvalue weighted by molar-refractivity contribution is 5.65. The van der Waals surface area contributed by atoms with E-state index in [4.69, 9.17) is 0 Å². The summed E-state index contributed by atoms with van der Waals surface area (Å²) in [4.78, 5) is 17.9. The quantitative estimate of drug-likeness (QED) is 0.564. The lowest BCUT2D eigenvalue weighted by Gasteiger charge is -2.04. The van der Waals surface area contributed by atoms with Gasteiger partial charge >= 0.3 is 0 Å². The highest BCUT2D eigenvalue weighted by Gasteiger charge is 2.03. The lowest BCUT2D eigenvalue weighted by atomic mass is 10.1. The van der Waals surface area contributed by atoms with Crippen LogP contribution in [0.1, 0.15) is 5.56 Å². The zero-order valence-electron chi connectivity index (χ0n) is 8.84. The van der Waals surface area contributed by atoms with Gasteiger partial charge in [0.05, 0.1) is 17.6 Å². The number of pyridine rings is 1. The Balaban J connectivity index is 2.48. The molecule has 2 aromatic rings. The molecule has 0 unspecified atom stereocenters. The van der Waals surface area contributed by atoms with Crippen LogP contribution < -0.4 is 0 Å². The summed E-state index contributed by atoms with van der Waals surface area (Å²) in [5, 5.41) is 0. The monoisotopic (exact) mass is 210 g/mol. The molecular weight excluding hydrogens is 200 g/mol. The van der Waals surface area contributed by atoms with Gasteiger partial charge in [-0.3, -0.25) is 4.98 Å². The van der Waals surface area contributed by atoms with Crippen LogP contribution in [0, 0.1) is 6.92 Å². The van der Waals surface area contributed by atoms with Crippen molar-refractivity contribution in [2.24, 2.45) is 4.99 Å². The van der Waals surface area contributed by atoms with Gasteiger partial charge in [-0.15, -0.1) is 0 Å². The number of hydrogen-bond donors (Lipinski definition) is 0. The van der Waals surface area contributed by atoms with Gasteiger partial charge in [0.15, 0.2) is 0 Å². The molecule has 0 aliphatic rings. The second kappa shape index (κ2) is 4.51. The van der Waals surface area contributed by atoms with E-state index in [1.54, 1.807) is 6.20 Å². The van der Waals surface area contributed by atoms with Crippen LogP contribution in [0.4, 0.5) is 5.69 Å². The van der Waals surface area contributed by atoms with Gasteiger partial charge in [-0.05, 0) is 18.6 Å². The number of benzene rings is 1. The summed E-state index contributed by atoms with van der Waals surface area (Å²) < 4.78 is 0. The number of aryl methyl sites for hydroxylation is 1. The maximum absolute atomic E-state index is 10.1. The normalized spacial score (nSPS) is 9.56. The molecule has 0 atom stereocenters. The molecule has 16 heavy (non-hydrogen) atoms. The third-order valence-corrected chi connectivity index (χ3v) is 2.29. The summed E-state index contributed by atoms with van der Waals surface area (Å²) in [7, 11) is 0. The first kappa shape index (κ1) is 10.3. The molecule has 78 valence electrons. The highest BCUT2D eigenvalue weighted by atomic mass is 16.1. The van der Waals surface area contributed by atoms with Crippen LogP contribution in [0.2, 0.25) is 0 Å². The molecular formula is C13H10N2O. The van der Waals surface area contributed by atoms with E-state index in [0.717, 1.165) is 16.8 Å². The standard InChI is InChI=1S/C13H10N2O/c1-10-7-12(15-9-16)8-14-13(10)11-5-3-2-4-6-11/h2-8H,1H3. The van der Waals surface area contributed by atoms with Crippen LogP contribution in [-0.4, -0.2) is 11.1 Å². The Kier molecular flexibility index (Phi) is 2.90. The summed E-state index contributed by atoms with van der Waals surface area (Å²) in [5.41, 5.74) is 3.49. The molecule has 3 nitrogen and oxygen atoms in total. The second-order valence-electron chi connectivity index (χ2n) is 3.43. The topological polar surface area (TPSA) is 42.3 Å². The molecule has 0 spiro atoms. The molecule has 0 N–H and O–H groups in total.